The number of hydrogen-bond donors (Lipinski definition) is 1. The summed E-state index contributed by atoms with van der Waals surface area (Å²) in [6.45, 7) is 0.370. The minimum absolute atomic E-state index is 0.0992. The molecule has 1 aliphatic carbocycles. The molecule has 1 heterocycles. The summed E-state index contributed by atoms with van der Waals surface area (Å²) in [5, 5.41) is 9.38. The molecule has 1 saturated heterocycles. The molecule has 0 amide bonds. The summed E-state index contributed by atoms with van der Waals surface area (Å²) in [5.74, 6) is -0.875. The van der Waals surface area contributed by atoms with Gasteiger partial charge in [0.05, 0.1) is 5.75 Å². The lowest BCUT2D eigenvalue weighted by Crippen LogP contribution is -2.56. The molecule has 1 aliphatic heterocycles. The Bertz CT molecular complexity index is 384. The van der Waals surface area contributed by atoms with Crippen molar-refractivity contribution in [3.05, 3.63) is 0 Å². The third-order valence-electron chi connectivity index (χ3n) is 3.66. The fourth-order valence-corrected chi connectivity index (χ4v) is 4.74. The fraction of sp³-hybridized carbons (Fsp3) is 0.900. The Labute approximate surface area is 95.5 Å². The van der Waals surface area contributed by atoms with Gasteiger partial charge in [-0.2, -0.15) is 4.31 Å². The topological polar surface area (TPSA) is 74.7 Å². The van der Waals surface area contributed by atoms with Crippen LogP contribution in [0, 0.1) is 0 Å². The zero-order valence-corrected chi connectivity index (χ0v) is 10.0. The molecule has 0 bridgehead atoms. The number of sulfonamides is 1. The molecule has 0 unspecified atom stereocenters. The van der Waals surface area contributed by atoms with Crippen molar-refractivity contribution in [3.8, 4) is 0 Å². The number of rotatable bonds is 2. The van der Waals surface area contributed by atoms with Crippen molar-refractivity contribution in [3.63, 3.8) is 0 Å². The maximum atomic E-state index is 11.8. The number of aliphatic carboxylic acids is 1. The molecule has 2 fully saturated rings. The van der Waals surface area contributed by atoms with E-state index in [9.17, 15) is 18.3 Å². The first kappa shape index (κ1) is 11.9. The van der Waals surface area contributed by atoms with Crippen LogP contribution >= 0.6 is 0 Å². The zero-order valence-electron chi connectivity index (χ0n) is 9.18. The van der Waals surface area contributed by atoms with Crippen LogP contribution in [0.5, 0.6) is 0 Å². The van der Waals surface area contributed by atoms with Gasteiger partial charge < -0.3 is 5.11 Å². The van der Waals surface area contributed by atoms with Crippen molar-refractivity contribution >= 4 is 16.0 Å². The number of nitrogens with zero attached hydrogens (tertiary/aromatic N) is 1. The highest BCUT2D eigenvalue weighted by Crippen LogP contribution is 2.38. The molecule has 16 heavy (non-hydrogen) atoms. The summed E-state index contributed by atoms with van der Waals surface area (Å²) < 4.78 is 24.9. The molecule has 0 aromatic rings. The molecule has 0 spiro atoms. The van der Waals surface area contributed by atoms with Crippen molar-refractivity contribution in [2.75, 3.05) is 12.3 Å². The summed E-state index contributed by atoms with van der Waals surface area (Å²) in [7, 11) is -3.34. The third-order valence-corrected chi connectivity index (χ3v) is 5.66. The van der Waals surface area contributed by atoms with Gasteiger partial charge in [0.25, 0.3) is 0 Å². The molecule has 1 saturated carbocycles. The van der Waals surface area contributed by atoms with Crippen molar-refractivity contribution in [1.82, 2.24) is 4.31 Å². The van der Waals surface area contributed by atoms with Gasteiger partial charge >= 0.3 is 5.97 Å². The Hall–Kier alpha value is -0.620. The maximum Gasteiger partial charge on any atom is 0.325 e. The molecular formula is C10H17NO4S. The molecule has 0 radical (unpaired) electrons. The van der Waals surface area contributed by atoms with Gasteiger partial charge in [0.15, 0.2) is 0 Å². The SMILES string of the molecule is O=C(O)C1(N2CCCS2(=O)=O)CCCCC1. The van der Waals surface area contributed by atoms with Crippen molar-refractivity contribution < 1.29 is 18.3 Å². The molecule has 2 rings (SSSR count). The van der Waals surface area contributed by atoms with Crippen LogP contribution < -0.4 is 0 Å². The molecule has 0 aromatic heterocycles. The first-order chi connectivity index (χ1) is 7.49. The zero-order chi connectivity index (χ0) is 11.8. The van der Waals surface area contributed by atoms with Crippen molar-refractivity contribution in [2.45, 2.75) is 44.1 Å². The Kier molecular flexibility index (Phi) is 2.96. The molecule has 92 valence electrons. The molecule has 2 aliphatic rings. The predicted molar refractivity (Wildman–Crippen MR) is 58.6 cm³/mol. The second kappa shape index (κ2) is 4.00. The highest BCUT2D eigenvalue weighted by atomic mass is 32.2. The average Bonchev–Trinajstić information content (AvgIpc) is 2.59. The van der Waals surface area contributed by atoms with Gasteiger partial charge in [-0.05, 0) is 19.3 Å². The lowest BCUT2D eigenvalue weighted by atomic mass is 9.81. The predicted octanol–water partition coefficient (Wildman–Crippen LogP) is 0.809. The van der Waals surface area contributed by atoms with Gasteiger partial charge in [-0.15, -0.1) is 0 Å². The van der Waals surface area contributed by atoms with Gasteiger partial charge in [0.2, 0.25) is 10.0 Å². The standard InChI is InChI=1S/C10H17NO4S/c12-9(13)10(5-2-1-3-6-10)11-7-4-8-16(11,14)15/h1-8H2,(H,12,13). The van der Waals surface area contributed by atoms with E-state index in [2.05, 4.69) is 0 Å². The van der Waals surface area contributed by atoms with Gasteiger partial charge in [-0.25, -0.2) is 8.42 Å². The maximum absolute atomic E-state index is 11.8. The van der Waals surface area contributed by atoms with Crippen LogP contribution in [0.1, 0.15) is 38.5 Å². The van der Waals surface area contributed by atoms with E-state index in [0.717, 1.165) is 19.3 Å². The minimum atomic E-state index is -3.34. The normalized spacial score (nSPS) is 29.0. The van der Waals surface area contributed by atoms with Gasteiger partial charge in [-0.1, -0.05) is 19.3 Å². The Morgan fingerprint density at radius 2 is 1.75 bits per heavy atom. The summed E-state index contributed by atoms with van der Waals surface area (Å²) in [6, 6.07) is 0. The first-order valence-electron chi connectivity index (χ1n) is 5.73. The number of hydrogen-bond acceptors (Lipinski definition) is 3. The van der Waals surface area contributed by atoms with Crippen molar-refractivity contribution in [2.24, 2.45) is 0 Å². The van der Waals surface area contributed by atoms with Crippen molar-refractivity contribution in [1.29, 1.82) is 0 Å². The van der Waals surface area contributed by atoms with Crippen LogP contribution in [0.25, 0.3) is 0 Å². The Morgan fingerprint density at radius 1 is 1.12 bits per heavy atom. The lowest BCUT2D eigenvalue weighted by Gasteiger charge is -2.39. The molecule has 0 aromatic carbocycles. The lowest BCUT2D eigenvalue weighted by molar-refractivity contribution is -0.150. The molecule has 6 heteroatoms. The van der Waals surface area contributed by atoms with Crippen LogP contribution in [0.2, 0.25) is 0 Å². The Balaban J connectivity index is 2.36. The number of carbonyl (C=O) groups is 1. The van der Waals surface area contributed by atoms with Gasteiger partial charge in [-0.3, -0.25) is 4.79 Å². The summed E-state index contributed by atoms with van der Waals surface area (Å²) in [6.07, 6.45) is 4.08. The summed E-state index contributed by atoms with van der Waals surface area (Å²) in [4.78, 5) is 11.4. The monoisotopic (exact) mass is 247 g/mol. The molecular weight excluding hydrogens is 230 g/mol. The summed E-state index contributed by atoms with van der Waals surface area (Å²) >= 11 is 0. The van der Waals surface area contributed by atoms with Crippen LogP contribution in [-0.4, -0.2) is 41.6 Å². The molecule has 5 nitrogen and oxygen atoms in total. The average molecular weight is 247 g/mol. The Morgan fingerprint density at radius 3 is 2.19 bits per heavy atom. The van der Waals surface area contributed by atoms with Crippen LogP contribution in [0.4, 0.5) is 0 Å². The first-order valence-corrected chi connectivity index (χ1v) is 7.34. The molecule has 1 N–H and O–H groups in total. The minimum Gasteiger partial charge on any atom is -0.480 e. The quantitative estimate of drug-likeness (QED) is 0.783. The molecule has 0 atom stereocenters. The second-order valence-electron chi connectivity index (χ2n) is 4.64. The van der Waals surface area contributed by atoms with E-state index in [-0.39, 0.29) is 5.75 Å². The van der Waals surface area contributed by atoms with Gasteiger partial charge in [0.1, 0.15) is 5.54 Å². The largest absolute Gasteiger partial charge is 0.480 e. The smallest absolute Gasteiger partial charge is 0.325 e. The van der Waals surface area contributed by atoms with Crippen LogP contribution in [0.15, 0.2) is 0 Å². The van der Waals surface area contributed by atoms with Gasteiger partial charge in [0, 0.05) is 6.54 Å². The van der Waals surface area contributed by atoms with Crippen LogP contribution in [0.3, 0.4) is 0 Å². The van der Waals surface area contributed by atoms with E-state index in [1.807, 2.05) is 0 Å². The van der Waals surface area contributed by atoms with E-state index in [1.165, 1.54) is 4.31 Å². The van der Waals surface area contributed by atoms with E-state index in [1.54, 1.807) is 0 Å². The third kappa shape index (κ3) is 1.73. The fourth-order valence-electron chi connectivity index (χ4n) is 2.83. The van der Waals surface area contributed by atoms with E-state index in [0.29, 0.717) is 25.8 Å². The second-order valence-corrected chi connectivity index (χ2v) is 6.65. The number of carboxylic acids is 1. The van der Waals surface area contributed by atoms with E-state index >= 15 is 0 Å². The highest BCUT2D eigenvalue weighted by molar-refractivity contribution is 7.89. The van der Waals surface area contributed by atoms with Crippen LogP contribution in [-0.2, 0) is 14.8 Å². The number of carboxylic acid groups (broad SMARTS) is 1. The summed E-state index contributed by atoms with van der Waals surface area (Å²) in [5.41, 5.74) is -1.15. The highest BCUT2D eigenvalue weighted by Gasteiger charge is 2.51. The van der Waals surface area contributed by atoms with E-state index in [4.69, 9.17) is 0 Å². The van der Waals surface area contributed by atoms with E-state index < -0.39 is 21.5 Å².